The summed E-state index contributed by atoms with van der Waals surface area (Å²) in [7, 11) is -3.70. The van der Waals surface area contributed by atoms with Gasteiger partial charge >= 0.3 is 0 Å². The van der Waals surface area contributed by atoms with Gasteiger partial charge in [0, 0.05) is 17.9 Å². The van der Waals surface area contributed by atoms with E-state index in [9.17, 15) is 8.42 Å². The van der Waals surface area contributed by atoms with Gasteiger partial charge in [-0.3, -0.25) is 0 Å². The number of primary sulfonamides is 1. The first-order chi connectivity index (χ1) is 12.4. The molecule has 4 rings (SSSR count). The Balaban J connectivity index is 1.49. The zero-order valence-electron chi connectivity index (χ0n) is 14.0. The Morgan fingerprint density at radius 2 is 1.92 bits per heavy atom. The summed E-state index contributed by atoms with van der Waals surface area (Å²) in [4.78, 5) is 8.91. The Kier molecular flexibility index (Phi) is 4.62. The first-order valence-electron chi connectivity index (χ1n) is 8.57. The minimum Gasteiger partial charge on any atom is -0.366 e. The quantitative estimate of drug-likeness (QED) is 0.661. The van der Waals surface area contributed by atoms with E-state index in [4.69, 9.17) is 5.14 Å². The average Bonchev–Trinajstić information content (AvgIpc) is 3.20. The van der Waals surface area contributed by atoms with Crippen molar-refractivity contribution in [3.8, 4) is 0 Å². The topological polar surface area (TPSA) is 110 Å². The van der Waals surface area contributed by atoms with Crippen LogP contribution in [0.4, 0.5) is 17.5 Å². The smallest absolute Gasteiger partial charge is 0.238 e. The van der Waals surface area contributed by atoms with E-state index in [1.54, 1.807) is 18.3 Å². The van der Waals surface area contributed by atoms with E-state index in [0.29, 0.717) is 17.7 Å². The predicted octanol–water partition coefficient (Wildman–Crippen LogP) is 3.23. The maximum atomic E-state index is 11.3. The number of hydrogen-bond acceptors (Lipinski definition) is 6. The van der Waals surface area contributed by atoms with Crippen molar-refractivity contribution in [1.82, 2.24) is 9.97 Å². The van der Waals surface area contributed by atoms with E-state index in [1.807, 2.05) is 0 Å². The van der Waals surface area contributed by atoms with Crippen molar-refractivity contribution in [1.29, 1.82) is 0 Å². The van der Waals surface area contributed by atoms with Crippen LogP contribution in [0.15, 0.2) is 39.8 Å². The van der Waals surface area contributed by atoms with Gasteiger partial charge < -0.3 is 10.6 Å². The molecule has 2 saturated carbocycles. The average molecular weight is 438 g/mol. The summed E-state index contributed by atoms with van der Waals surface area (Å²) in [6, 6.07) is 6.64. The van der Waals surface area contributed by atoms with Gasteiger partial charge in [-0.1, -0.05) is 6.42 Å². The molecule has 2 aromatic rings. The molecule has 0 amide bonds. The maximum Gasteiger partial charge on any atom is 0.238 e. The number of anilines is 3. The second kappa shape index (κ2) is 6.79. The summed E-state index contributed by atoms with van der Waals surface area (Å²) in [6.07, 6.45) is 6.89. The molecule has 3 unspecified atom stereocenters. The number of nitrogens with zero attached hydrogens (tertiary/aromatic N) is 2. The molecule has 4 N–H and O–H groups in total. The van der Waals surface area contributed by atoms with Crippen LogP contribution in [-0.2, 0) is 10.0 Å². The second-order valence-corrected chi connectivity index (χ2v) is 9.43. The van der Waals surface area contributed by atoms with E-state index < -0.39 is 10.0 Å². The lowest BCUT2D eigenvalue weighted by atomic mass is 9.95. The summed E-state index contributed by atoms with van der Waals surface area (Å²) >= 11 is 3.51. The van der Waals surface area contributed by atoms with Gasteiger partial charge in [0.25, 0.3) is 0 Å². The van der Waals surface area contributed by atoms with Crippen LogP contribution in [0.3, 0.4) is 0 Å². The third kappa shape index (κ3) is 3.70. The Hall–Kier alpha value is -1.71. The van der Waals surface area contributed by atoms with E-state index in [-0.39, 0.29) is 4.90 Å². The summed E-state index contributed by atoms with van der Waals surface area (Å²) in [6.45, 7) is 0. The summed E-state index contributed by atoms with van der Waals surface area (Å²) < 4.78 is 23.5. The van der Waals surface area contributed by atoms with Gasteiger partial charge in [-0.05, 0) is 71.3 Å². The van der Waals surface area contributed by atoms with Gasteiger partial charge in [-0.2, -0.15) is 4.98 Å². The highest BCUT2D eigenvalue weighted by atomic mass is 79.9. The van der Waals surface area contributed by atoms with Gasteiger partial charge in [-0.25, -0.2) is 18.5 Å². The normalized spacial score (nSPS) is 24.6. The van der Waals surface area contributed by atoms with Crippen LogP contribution in [0.5, 0.6) is 0 Å². The molecule has 2 aliphatic carbocycles. The standard InChI is InChI=1S/C17H20BrN5O2S/c18-14-9-20-17(21-12-3-5-13(6-4-12)26(19,24)25)23-16(14)22-15-8-10-1-2-11(15)7-10/h3-6,9-11,15H,1-2,7-8H2,(H2,19,24,25)(H2,20,21,22,23). The lowest BCUT2D eigenvalue weighted by Crippen LogP contribution is -2.26. The summed E-state index contributed by atoms with van der Waals surface area (Å²) in [5.41, 5.74) is 0.686. The zero-order chi connectivity index (χ0) is 18.3. The SMILES string of the molecule is NS(=O)(=O)c1ccc(Nc2ncc(Br)c(NC3CC4CCC3C4)n2)cc1. The van der Waals surface area contributed by atoms with E-state index in [1.165, 1.54) is 37.8 Å². The molecule has 2 aliphatic rings. The van der Waals surface area contributed by atoms with Crippen LogP contribution in [-0.4, -0.2) is 24.4 Å². The third-order valence-electron chi connectivity index (χ3n) is 5.24. The Morgan fingerprint density at radius 3 is 2.54 bits per heavy atom. The van der Waals surface area contributed by atoms with Crippen molar-refractivity contribution in [2.24, 2.45) is 17.0 Å². The van der Waals surface area contributed by atoms with E-state index in [0.717, 1.165) is 22.1 Å². The molecular weight excluding hydrogens is 418 g/mol. The summed E-state index contributed by atoms with van der Waals surface area (Å²) in [5, 5.41) is 11.8. The van der Waals surface area contributed by atoms with Crippen LogP contribution in [0.25, 0.3) is 0 Å². The van der Waals surface area contributed by atoms with Crippen molar-refractivity contribution in [2.45, 2.75) is 36.6 Å². The Bertz CT molecular complexity index is 919. The predicted molar refractivity (Wildman–Crippen MR) is 104 cm³/mol. The van der Waals surface area contributed by atoms with Crippen LogP contribution in [0, 0.1) is 11.8 Å². The zero-order valence-corrected chi connectivity index (χ0v) is 16.4. The highest BCUT2D eigenvalue weighted by Gasteiger charge is 2.39. The molecule has 0 radical (unpaired) electrons. The number of halogens is 1. The van der Waals surface area contributed by atoms with Crippen LogP contribution >= 0.6 is 15.9 Å². The molecule has 0 saturated heterocycles. The molecule has 26 heavy (non-hydrogen) atoms. The fourth-order valence-electron chi connectivity index (χ4n) is 3.98. The maximum absolute atomic E-state index is 11.3. The second-order valence-electron chi connectivity index (χ2n) is 7.01. The summed E-state index contributed by atoms with van der Waals surface area (Å²) in [5.74, 6) is 2.82. The third-order valence-corrected chi connectivity index (χ3v) is 6.75. The van der Waals surface area contributed by atoms with Crippen molar-refractivity contribution < 1.29 is 8.42 Å². The van der Waals surface area contributed by atoms with Crippen LogP contribution < -0.4 is 15.8 Å². The largest absolute Gasteiger partial charge is 0.366 e. The molecule has 1 heterocycles. The first-order valence-corrected chi connectivity index (χ1v) is 10.9. The first kappa shape index (κ1) is 17.7. The van der Waals surface area contributed by atoms with Crippen molar-refractivity contribution in [3.05, 3.63) is 34.9 Å². The molecule has 2 fully saturated rings. The van der Waals surface area contributed by atoms with Gasteiger partial charge in [0.05, 0.1) is 9.37 Å². The minimum absolute atomic E-state index is 0.0680. The lowest BCUT2D eigenvalue weighted by molar-refractivity contribution is 0.439. The number of benzene rings is 1. The van der Waals surface area contributed by atoms with Gasteiger partial charge in [0.1, 0.15) is 5.82 Å². The number of aromatic nitrogens is 2. The molecule has 2 bridgehead atoms. The number of fused-ring (bicyclic) bond motifs is 2. The molecular formula is C17H20BrN5O2S. The molecule has 0 spiro atoms. The molecule has 0 aliphatic heterocycles. The van der Waals surface area contributed by atoms with Crippen molar-refractivity contribution in [2.75, 3.05) is 10.6 Å². The number of nitrogens with one attached hydrogen (secondary N) is 2. The number of hydrogen-bond donors (Lipinski definition) is 3. The highest BCUT2D eigenvalue weighted by Crippen LogP contribution is 2.45. The number of nitrogens with two attached hydrogens (primary N) is 1. The van der Waals surface area contributed by atoms with E-state index in [2.05, 4.69) is 36.5 Å². The lowest BCUT2D eigenvalue weighted by Gasteiger charge is -2.24. The van der Waals surface area contributed by atoms with Crippen LogP contribution in [0.1, 0.15) is 25.7 Å². The molecule has 1 aromatic heterocycles. The minimum atomic E-state index is -3.70. The Morgan fingerprint density at radius 1 is 1.15 bits per heavy atom. The molecule has 3 atom stereocenters. The van der Waals surface area contributed by atoms with Crippen molar-refractivity contribution in [3.63, 3.8) is 0 Å². The van der Waals surface area contributed by atoms with Crippen LogP contribution in [0.2, 0.25) is 0 Å². The molecule has 7 nitrogen and oxygen atoms in total. The number of rotatable bonds is 5. The fourth-order valence-corrected chi connectivity index (χ4v) is 4.80. The van der Waals surface area contributed by atoms with Gasteiger partial charge in [0.2, 0.25) is 16.0 Å². The molecule has 138 valence electrons. The molecule has 1 aromatic carbocycles. The fraction of sp³-hybridized carbons (Fsp3) is 0.412. The van der Waals surface area contributed by atoms with Gasteiger partial charge in [-0.15, -0.1) is 0 Å². The highest BCUT2D eigenvalue weighted by molar-refractivity contribution is 9.10. The Labute approximate surface area is 161 Å². The number of sulfonamides is 1. The van der Waals surface area contributed by atoms with Gasteiger partial charge in [0.15, 0.2) is 0 Å². The molecule has 9 heteroatoms. The van der Waals surface area contributed by atoms with E-state index >= 15 is 0 Å². The monoisotopic (exact) mass is 437 g/mol. The van der Waals surface area contributed by atoms with Crippen molar-refractivity contribution >= 4 is 43.4 Å².